The summed E-state index contributed by atoms with van der Waals surface area (Å²) in [6.07, 6.45) is 1.12. The maximum absolute atomic E-state index is 13.1. The molecule has 0 bridgehead atoms. The fourth-order valence-corrected chi connectivity index (χ4v) is 1.23. The van der Waals surface area contributed by atoms with Gasteiger partial charge in [0.25, 0.3) is 0 Å². The van der Waals surface area contributed by atoms with Crippen molar-refractivity contribution in [3.63, 3.8) is 0 Å². The van der Waals surface area contributed by atoms with Crippen LogP contribution in [0.15, 0.2) is 24.8 Å². The number of aliphatic hydroxyl groups is 1. The van der Waals surface area contributed by atoms with E-state index in [2.05, 4.69) is 6.58 Å². The van der Waals surface area contributed by atoms with Gasteiger partial charge < -0.3 is 5.11 Å². The zero-order valence-electron chi connectivity index (χ0n) is 8.01. The van der Waals surface area contributed by atoms with Crippen LogP contribution in [0.2, 0.25) is 0 Å². The molecular weight excluding hydrogens is 205 g/mol. The standard InChI is InChI=1S/C11H11F3O/c1-2-3-4-9(15)7-5-6-8(12)11(14)10(7)13/h2,5-6,9,15H,1,3-4H2. The van der Waals surface area contributed by atoms with E-state index in [0.717, 1.165) is 12.1 Å². The Balaban J connectivity index is 2.94. The van der Waals surface area contributed by atoms with Gasteiger partial charge in [-0.25, -0.2) is 13.2 Å². The molecule has 0 amide bonds. The highest BCUT2D eigenvalue weighted by Gasteiger charge is 2.18. The van der Waals surface area contributed by atoms with Crippen molar-refractivity contribution >= 4 is 0 Å². The quantitative estimate of drug-likeness (QED) is 0.605. The van der Waals surface area contributed by atoms with Crippen LogP contribution in [-0.4, -0.2) is 5.11 Å². The zero-order chi connectivity index (χ0) is 11.4. The van der Waals surface area contributed by atoms with Gasteiger partial charge in [-0.15, -0.1) is 6.58 Å². The molecule has 1 atom stereocenters. The number of benzene rings is 1. The fourth-order valence-electron chi connectivity index (χ4n) is 1.23. The third-order valence-electron chi connectivity index (χ3n) is 2.07. The van der Waals surface area contributed by atoms with Crippen molar-refractivity contribution in [2.45, 2.75) is 18.9 Å². The SMILES string of the molecule is C=CCCC(O)c1ccc(F)c(F)c1F. The summed E-state index contributed by atoms with van der Waals surface area (Å²) in [7, 11) is 0. The molecule has 0 heterocycles. The lowest BCUT2D eigenvalue weighted by atomic mass is 10.0. The molecule has 1 nitrogen and oxygen atoms in total. The van der Waals surface area contributed by atoms with E-state index in [-0.39, 0.29) is 12.0 Å². The van der Waals surface area contributed by atoms with E-state index in [0.29, 0.717) is 6.42 Å². The van der Waals surface area contributed by atoms with E-state index in [9.17, 15) is 18.3 Å². The number of hydrogen-bond acceptors (Lipinski definition) is 1. The van der Waals surface area contributed by atoms with Crippen LogP contribution >= 0.6 is 0 Å². The highest BCUT2D eigenvalue weighted by molar-refractivity contribution is 5.22. The lowest BCUT2D eigenvalue weighted by Gasteiger charge is -2.11. The average molecular weight is 216 g/mol. The maximum atomic E-state index is 13.1. The van der Waals surface area contributed by atoms with E-state index >= 15 is 0 Å². The van der Waals surface area contributed by atoms with Crippen LogP contribution in [0.5, 0.6) is 0 Å². The normalized spacial score (nSPS) is 12.5. The molecule has 1 aromatic carbocycles. The fraction of sp³-hybridized carbons (Fsp3) is 0.273. The second kappa shape index (κ2) is 4.98. The third-order valence-corrected chi connectivity index (χ3v) is 2.07. The first-order chi connectivity index (χ1) is 7.07. The van der Waals surface area contributed by atoms with E-state index < -0.39 is 23.6 Å². The van der Waals surface area contributed by atoms with Gasteiger partial charge in [0.2, 0.25) is 0 Å². The topological polar surface area (TPSA) is 20.2 Å². The minimum Gasteiger partial charge on any atom is -0.388 e. The van der Waals surface area contributed by atoms with Crippen molar-refractivity contribution in [3.8, 4) is 0 Å². The summed E-state index contributed by atoms with van der Waals surface area (Å²) in [6.45, 7) is 3.44. The van der Waals surface area contributed by atoms with Gasteiger partial charge >= 0.3 is 0 Å². The Labute approximate surface area is 85.9 Å². The Morgan fingerprint density at radius 3 is 2.53 bits per heavy atom. The van der Waals surface area contributed by atoms with E-state index in [4.69, 9.17) is 0 Å². The number of halogens is 3. The van der Waals surface area contributed by atoms with E-state index in [1.165, 1.54) is 0 Å². The van der Waals surface area contributed by atoms with Crippen molar-refractivity contribution in [1.29, 1.82) is 0 Å². The molecule has 0 aliphatic rings. The number of allylic oxidation sites excluding steroid dienone is 1. The van der Waals surface area contributed by atoms with Gasteiger partial charge in [0.1, 0.15) is 0 Å². The first kappa shape index (κ1) is 11.8. The van der Waals surface area contributed by atoms with Crippen molar-refractivity contribution in [3.05, 3.63) is 47.8 Å². The molecule has 1 unspecified atom stereocenters. The second-order valence-corrected chi connectivity index (χ2v) is 3.15. The summed E-state index contributed by atoms with van der Waals surface area (Å²) < 4.78 is 38.5. The van der Waals surface area contributed by atoms with Gasteiger partial charge in [0.05, 0.1) is 6.10 Å². The number of hydrogen-bond donors (Lipinski definition) is 1. The first-order valence-corrected chi connectivity index (χ1v) is 4.50. The monoisotopic (exact) mass is 216 g/mol. The first-order valence-electron chi connectivity index (χ1n) is 4.50. The van der Waals surface area contributed by atoms with Crippen LogP contribution in [-0.2, 0) is 0 Å². The van der Waals surface area contributed by atoms with Crippen LogP contribution in [0.25, 0.3) is 0 Å². The summed E-state index contributed by atoms with van der Waals surface area (Å²) in [4.78, 5) is 0. The summed E-state index contributed by atoms with van der Waals surface area (Å²) in [5, 5.41) is 9.47. The minimum absolute atomic E-state index is 0.226. The minimum atomic E-state index is -1.55. The smallest absolute Gasteiger partial charge is 0.194 e. The van der Waals surface area contributed by atoms with Gasteiger partial charge in [-0.3, -0.25) is 0 Å². The maximum Gasteiger partial charge on any atom is 0.194 e. The highest BCUT2D eigenvalue weighted by Crippen LogP contribution is 2.24. The molecule has 0 saturated carbocycles. The predicted octanol–water partition coefficient (Wildman–Crippen LogP) is 3.10. The molecule has 4 heteroatoms. The van der Waals surface area contributed by atoms with Gasteiger partial charge in [-0.1, -0.05) is 12.1 Å². The largest absolute Gasteiger partial charge is 0.388 e. The average Bonchev–Trinajstić information content (AvgIpc) is 2.23. The molecule has 0 fully saturated rings. The summed E-state index contributed by atoms with van der Waals surface area (Å²) in [5.74, 6) is -4.14. The van der Waals surface area contributed by atoms with Crippen LogP contribution in [0.4, 0.5) is 13.2 Å². The van der Waals surface area contributed by atoms with Gasteiger partial charge in [0.15, 0.2) is 17.5 Å². The molecule has 0 saturated heterocycles. The van der Waals surface area contributed by atoms with Crippen LogP contribution in [0.1, 0.15) is 24.5 Å². The Morgan fingerprint density at radius 2 is 1.93 bits per heavy atom. The van der Waals surface area contributed by atoms with Crippen LogP contribution < -0.4 is 0 Å². The third kappa shape index (κ3) is 2.59. The van der Waals surface area contributed by atoms with E-state index in [1.54, 1.807) is 6.08 Å². The Bertz CT molecular complexity index is 363. The zero-order valence-corrected chi connectivity index (χ0v) is 8.01. The molecular formula is C11H11F3O. The van der Waals surface area contributed by atoms with Crippen molar-refractivity contribution in [2.75, 3.05) is 0 Å². The number of aliphatic hydroxyl groups excluding tert-OH is 1. The Kier molecular flexibility index (Phi) is 3.91. The van der Waals surface area contributed by atoms with Crippen LogP contribution in [0, 0.1) is 17.5 Å². The summed E-state index contributed by atoms with van der Waals surface area (Å²) in [6, 6.07) is 1.84. The summed E-state index contributed by atoms with van der Waals surface area (Å²) in [5.41, 5.74) is -0.226. The molecule has 1 aromatic rings. The molecule has 1 rings (SSSR count). The van der Waals surface area contributed by atoms with E-state index in [1.807, 2.05) is 0 Å². The predicted molar refractivity (Wildman–Crippen MR) is 50.7 cm³/mol. The lowest BCUT2D eigenvalue weighted by Crippen LogP contribution is -2.04. The number of rotatable bonds is 4. The van der Waals surface area contributed by atoms with Crippen molar-refractivity contribution in [1.82, 2.24) is 0 Å². The Morgan fingerprint density at radius 1 is 1.27 bits per heavy atom. The van der Waals surface area contributed by atoms with Gasteiger partial charge in [-0.2, -0.15) is 0 Å². The Hall–Kier alpha value is -1.29. The molecule has 0 aliphatic heterocycles. The molecule has 0 spiro atoms. The van der Waals surface area contributed by atoms with Gasteiger partial charge in [0, 0.05) is 5.56 Å². The molecule has 0 radical (unpaired) electrons. The molecule has 1 N–H and O–H groups in total. The summed E-state index contributed by atoms with van der Waals surface area (Å²) >= 11 is 0. The molecule has 0 aromatic heterocycles. The molecule has 82 valence electrons. The lowest BCUT2D eigenvalue weighted by molar-refractivity contribution is 0.162. The molecule has 15 heavy (non-hydrogen) atoms. The van der Waals surface area contributed by atoms with Gasteiger partial charge in [-0.05, 0) is 18.9 Å². The van der Waals surface area contributed by atoms with Crippen molar-refractivity contribution < 1.29 is 18.3 Å². The second-order valence-electron chi connectivity index (χ2n) is 3.15. The molecule has 0 aliphatic carbocycles. The van der Waals surface area contributed by atoms with Crippen LogP contribution in [0.3, 0.4) is 0 Å². The highest BCUT2D eigenvalue weighted by atomic mass is 19.2. The van der Waals surface area contributed by atoms with Crippen molar-refractivity contribution in [2.24, 2.45) is 0 Å².